The number of rotatable bonds is 2. The summed E-state index contributed by atoms with van der Waals surface area (Å²) in [6.45, 7) is 3.06. The molecule has 2 fully saturated rings. The molecule has 0 amide bonds. The molecule has 0 aromatic heterocycles. The van der Waals surface area contributed by atoms with Gasteiger partial charge in [-0.25, -0.2) is 4.39 Å². The van der Waals surface area contributed by atoms with E-state index in [0.29, 0.717) is 11.1 Å². The van der Waals surface area contributed by atoms with Gasteiger partial charge in [0.25, 0.3) is 0 Å². The van der Waals surface area contributed by atoms with E-state index in [1.807, 2.05) is 6.07 Å². The van der Waals surface area contributed by atoms with Gasteiger partial charge in [0.1, 0.15) is 5.82 Å². The van der Waals surface area contributed by atoms with E-state index >= 15 is 0 Å². The molecule has 3 heteroatoms. The maximum absolute atomic E-state index is 13.5. The summed E-state index contributed by atoms with van der Waals surface area (Å²) in [5, 5.41) is 0. The molecule has 1 saturated heterocycles. The Morgan fingerprint density at radius 2 is 1.75 bits per heavy atom. The molecule has 1 saturated carbocycles. The SMILES string of the molecule is Nc1c(F)cccc1CN1CCC2(CCCCC2)CC1. The molecule has 1 spiro atoms. The zero-order chi connectivity index (χ0) is 14.0. The van der Waals surface area contributed by atoms with Crippen LogP contribution in [0.3, 0.4) is 0 Å². The molecule has 1 aromatic rings. The standard InChI is InChI=1S/C17H25FN2/c18-15-6-4-5-14(16(15)19)13-20-11-9-17(10-12-20)7-2-1-3-8-17/h4-6H,1-3,7-13,19H2. The van der Waals surface area contributed by atoms with Gasteiger partial charge in [-0.3, -0.25) is 4.90 Å². The Balaban J connectivity index is 1.60. The first-order chi connectivity index (χ1) is 9.69. The molecule has 2 aliphatic rings. The van der Waals surface area contributed by atoms with E-state index < -0.39 is 0 Å². The average molecular weight is 276 g/mol. The predicted molar refractivity (Wildman–Crippen MR) is 80.8 cm³/mol. The molecule has 110 valence electrons. The van der Waals surface area contributed by atoms with E-state index in [0.717, 1.165) is 25.2 Å². The Labute approximate surface area is 121 Å². The van der Waals surface area contributed by atoms with Crippen LogP contribution >= 0.6 is 0 Å². The second-order valence-electron chi connectivity index (χ2n) is 6.65. The number of halogens is 1. The maximum atomic E-state index is 13.5. The molecule has 0 unspecified atom stereocenters. The highest BCUT2D eigenvalue weighted by molar-refractivity contribution is 5.47. The molecular formula is C17H25FN2. The zero-order valence-electron chi connectivity index (χ0n) is 12.2. The van der Waals surface area contributed by atoms with Crippen molar-refractivity contribution in [1.29, 1.82) is 0 Å². The first-order valence-electron chi connectivity index (χ1n) is 7.94. The number of anilines is 1. The summed E-state index contributed by atoms with van der Waals surface area (Å²) in [6.07, 6.45) is 9.70. The van der Waals surface area contributed by atoms with Crippen LogP contribution in [-0.2, 0) is 6.54 Å². The van der Waals surface area contributed by atoms with Crippen LogP contribution < -0.4 is 5.73 Å². The van der Waals surface area contributed by atoms with Crippen LogP contribution in [0.4, 0.5) is 10.1 Å². The van der Waals surface area contributed by atoms with Crippen LogP contribution in [0.2, 0.25) is 0 Å². The third-order valence-electron chi connectivity index (χ3n) is 5.37. The monoisotopic (exact) mass is 276 g/mol. The van der Waals surface area contributed by atoms with Crippen molar-refractivity contribution < 1.29 is 4.39 Å². The van der Waals surface area contributed by atoms with Gasteiger partial charge < -0.3 is 5.73 Å². The van der Waals surface area contributed by atoms with E-state index in [9.17, 15) is 4.39 Å². The third-order valence-corrected chi connectivity index (χ3v) is 5.37. The lowest BCUT2D eigenvalue weighted by atomic mass is 9.68. The number of para-hydroxylation sites is 1. The molecule has 2 nitrogen and oxygen atoms in total. The van der Waals surface area contributed by atoms with Crippen molar-refractivity contribution in [3.8, 4) is 0 Å². The number of nitrogen functional groups attached to an aromatic ring is 1. The predicted octanol–water partition coefficient (Wildman–Crippen LogP) is 3.95. The summed E-state index contributed by atoms with van der Waals surface area (Å²) >= 11 is 0. The topological polar surface area (TPSA) is 29.3 Å². The quantitative estimate of drug-likeness (QED) is 0.829. The van der Waals surface area contributed by atoms with Gasteiger partial charge in [-0.05, 0) is 55.8 Å². The second kappa shape index (κ2) is 5.72. The number of hydrogen-bond acceptors (Lipinski definition) is 2. The van der Waals surface area contributed by atoms with Crippen molar-refractivity contribution in [3.63, 3.8) is 0 Å². The summed E-state index contributed by atoms with van der Waals surface area (Å²) in [5.41, 5.74) is 7.72. The van der Waals surface area contributed by atoms with Crippen LogP contribution in [0, 0.1) is 11.2 Å². The van der Waals surface area contributed by atoms with Crippen molar-refractivity contribution >= 4 is 5.69 Å². The largest absolute Gasteiger partial charge is 0.396 e. The summed E-state index contributed by atoms with van der Waals surface area (Å²) in [4.78, 5) is 2.44. The van der Waals surface area contributed by atoms with E-state index in [2.05, 4.69) is 4.90 Å². The van der Waals surface area contributed by atoms with Crippen molar-refractivity contribution in [3.05, 3.63) is 29.6 Å². The van der Waals surface area contributed by atoms with Gasteiger partial charge >= 0.3 is 0 Å². The van der Waals surface area contributed by atoms with Gasteiger partial charge in [-0.15, -0.1) is 0 Å². The summed E-state index contributed by atoms with van der Waals surface area (Å²) in [7, 11) is 0. The van der Waals surface area contributed by atoms with Crippen molar-refractivity contribution in [1.82, 2.24) is 4.90 Å². The van der Waals surface area contributed by atoms with Gasteiger partial charge in [-0.1, -0.05) is 31.4 Å². The normalized spacial score (nSPS) is 23.1. The summed E-state index contributed by atoms with van der Waals surface area (Å²) in [6, 6.07) is 5.14. The van der Waals surface area contributed by atoms with Gasteiger partial charge in [0.05, 0.1) is 5.69 Å². The number of piperidine rings is 1. The lowest BCUT2D eigenvalue weighted by molar-refractivity contribution is 0.0642. The second-order valence-corrected chi connectivity index (χ2v) is 6.65. The molecule has 1 aliphatic heterocycles. The van der Waals surface area contributed by atoms with Gasteiger partial charge in [0.15, 0.2) is 0 Å². The lowest BCUT2D eigenvalue weighted by Crippen LogP contribution is -2.40. The van der Waals surface area contributed by atoms with Gasteiger partial charge in [0.2, 0.25) is 0 Å². The first-order valence-corrected chi connectivity index (χ1v) is 7.94. The number of hydrogen-bond donors (Lipinski definition) is 1. The minimum Gasteiger partial charge on any atom is -0.396 e. The van der Waals surface area contributed by atoms with E-state index in [1.54, 1.807) is 6.07 Å². The minimum atomic E-state index is -0.289. The Morgan fingerprint density at radius 1 is 1.05 bits per heavy atom. The fourth-order valence-electron chi connectivity index (χ4n) is 3.95. The number of likely N-dealkylation sites (tertiary alicyclic amines) is 1. The molecule has 0 radical (unpaired) electrons. The Bertz CT molecular complexity index is 456. The van der Waals surface area contributed by atoms with Crippen LogP contribution in [0.25, 0.3) is 0 Å². The van der Waals surface area contributed by atoms with E-state index in [4.69, 9.17) is 5.73 Å². The highest BCUT2D eigenvalue weighted by Gasteiger charge is 2.35. The molecule has 0 atom stereocenters. The van der Waals surface area contributed by atoms with Crippen LogP contribution in [0.1, 0.15) is 50.5 Å². The van der Waals surface area contributed by atoms with Gasteiger partial charge in [-0.2, -0.15) is 0 Å². The van der Waals surface area contributed by atoms with Crippen LogP contribution in [0.5, 0.6) is 0 Å². The van der Waals surface area contributed by atoms with Gasteiger partial charge in [0, 0.05) is 6.54 Å². The molecule has 2 N–H and O–H groups in total. The zero-order valence-corrected chi connectivity index (χ0v) is 12.2. The molecular weight excluding hydrogens is 251 g/mol. The van der Waals surface area contributed by atoms with Crippen molar-refractivity contribution in [2.45, 2.75) is 51.5 Å². The molecule has 1 heterocycles. The third kappa shape index (κ3) is 2.83. The molecule has 3 rings (SSSR count). The van der Waals surface area contributed by atoms with Crippen molar-refractivity contribution in [2.24, 2.45) is 5.41 Å². The number of benzene rings is 1. The fraction of sp³-hybridized carbons (Fsp3) is 0.647. The summed E-state index contributed by atoms with van der Waals surface area (Å²) in [5.74, 6) is -0.289. The van der Waals surface area contributed by atoms with E-state index in [-0.39, 0.29) is 5.82 Å². The fourth-order valence-corrected chi connectivity index (χ4v) is 3.95. The molecule has 1 aromatic carbocycles. The Hall–Kier alpha value is -1.09. The highest BCUT2D eigenvalue weighted by atomic mass is 19.1. The molecule has 1 aliphatic carbocycles. The maximum Gasteiger partial charge on any atom is 0.146 e. The van der Waals surface area contributed by atoms with Crippen LogP contribution in [0.15, 0.2) is 18.2 Å². The number of nitrogens with zero attached hydrogens (tertiary/aromatic N) is 1. The molecule has 20 heavy (non-hydrogen) atoms. The Kier molecular flexibility index (Phi) is 3.97. The summed E-state index contributed by atoms with van der Waals surface area (Å²) < 4.78 is 13.5. The minimum absolute atomic E-state index is 0.289. The van der Waals surface area contributed by atoms with E-state index in [1.165, 1.54) is 51.0 Å². The van der Waals surface area contributed by atoms with Crippen molar-refractivity contribution in [2.75, 3.05) is 18.8 Å². The molecule has 0 bridgehead atoms. The first kappa shape index (κ1) is 13.9. The Morgan fingerprint density at radius 3 is 2.45 bits per heavy atom. The smallest absolute Gasteiger partial charge is 0.146 e. The highest BCUT2D eigenvalue weighted by Crippen LogP contribution is 2.44. The van der Waals surface area contributed by atoms with Crippen LogP contribution in [-0.4, -0.2) is 18.0 Å². The lowest BCUT2D eigenvalue weighted by Gasteiger charge is -2.44. The average Bonchev–Trinajstić information content (AvgIpc) is 2.47. The number of nitrogens with two attached hydrogens (primary N) is 1.